The van der Waals surface area contributed by atoms with Crippen molar-refractivity contribution < 1.29 is 19.8 Å². The molecule has 2 aliphatic rings. The number of carbonyl (C=O) groups excluding carboxylic acids is 1. The van der Waals surface area contributed by atoms with Gasteiger partial charge in [-0.15, -0.1) is 0 Å². The summed E-state index contributed by atoms with van der Waals surface area (Å²) < 4.78 is 0. The van der Waals surface area contributed by atoms with Crippen molar-refractivity contribution in [2.75, 3.05) is 0 Å². The molecule has 6 heteroatoms. The quantitative estimate of drug-likeness (QED) is 0.723. The molecule has 2 rings (SSSR count). The second-order valence-electron chi connectivity index (χ2n) is 6.07. The Hall–Kier alpha value is -1.30. The van der Waals surface area contributed by atoms with Crippen LogP contribution in [0.2, 0.25) is 0 Å². The van der Waals surface area contributed by atoms with Crippen LogP contribution in [0.5, 0.6) is 0 Å². The molecule has 0 saturated carbocycles. The minimum absolute atomic E-state index is 0.0510. The van der Waals surface area contributed by atoms with Gasteiger partial charge in [0.2, 0.25) is 0 Å². The molecular weight excluding hydrogens is 260 g/mol. The van der Waals surface area contributed by atoms with E-state index in [1.165, 1.54) is 0 Å². The lowest BCUT2D eigenvalue weighted by Gasteiger charge is -2.38. The Balaban J connectivity index is 2.03. The largest absolute Gasteiger partial charge is 0.480 e. The summed E-state index contributed by atoms with van der Waals surface area (Å²) in [5.41, 5.74) is 0. The number of aliphatic hydroxyl groups is 1. The summed E-state index contributed by atoms with van der Waals surface area (Å²) in [6, 6.07) is -1.04. The van der Waals surface area contributed by atoms with E-state index in [1.807, 2.05) is 13.8 Å². The van der Waals surface area contributed by atoms with Crippen LogP contribution in [0.15, 0.2) is 0 Å². The number of hydrogen-bond donors (Lipinski definition) is 3. The zero-order chi connectivity index (χ0) is 14.9. The molecule has 2 bridgehead atoms. The average Bonchev–Trinajstić information content (AvgIpc) is 2.67. The lowest BCUT2D eigenvalue weighted by Crippen LogP contribution is -2.56. The number of aliphatic hydroxyl groups excluding tert-OH is 1. The highest BCUT2D eigenvalue weighted by Gasteiger charge is 2.43. The third kappa shape index (κ3) is 2.90. The molecule has 0 aromatic heterocycles. The van der Waals surface area contributed by atoms with Crippen LogP contribution < -0.4 is 5.32 Å². The monoisotopic (exact) mass is 284 g/mol. The highest BCUT2D eigenvalue weighted by Crippen LogP contribution is 2.35. The molecule has 2 fully saturated rings. The van der Waals surface area contributed by atoms with Gasteiger partial charge in [-0.25, -0.2) is 9.59 Å². The molecule has 114 valence electrons. The predicted octanol–water partition coefficient (Wildman–Crippen LogP) is 1.18. The Morgan fingerprint density at radius 1 is 1.30 bits per heavy atom. The summed E-state index contributed by atoms with van der Waals surface area (Å²) in [5, 5.41) is 21.6. The van der Waals surface area contributed by atoms with Crippen molar-refractivity contribution in [3.05, 3.63) is 0 Å². The average molecular weight is 284 g/mol. The molecule has 2 aliphatic heterocycles. The molecule has 4 atom stereocenters. The van der Waals surface area contributed by atoms with Gasteiger partial charge in [0.25, 0.3) is 0 Å². The van der Waals surface area contributed by atoms with Gasteiger partial charge in [0, 0.05) is 12.1 Å². The smallest absolute Gasteiger partial charge is 0.326 e. The van der Waals surface area contributed by atoms with Crippen molar-refractivity contribution in [3.63, 3.8) is 0 Å². The number of carboxylic acid groups (broad SMARTS) is 1. The predicted molar refractivity (Wildman–Crippen MR) is 73.3 cm³/mol. The van der Waals surface area contributed by atoms with E-state index in [0.717, 1.165) is 12.8 Å². The van der Waals surface area contributed by atoms with Gasteiger partial charge in [0.05, 0.1) is 6.10 Å². The Labute approximate surface area is 119 Å². The van der Waals surface area contributed by atoms with Crippen molar-refractivity contribution in [1.29, 1.82) is 0 Å². The molecule has 2 heterocycles. The molecule has 3 N–H and O–H groups in total. The number of hydrogen-bond acceptors (Lipinski definition) is 3. The molecule has 0 aromatic carbocycles. The molecule has 2 amide bonds. The number of aliphatic carboxylic acids is 1. The topological polar surface area (TPSA) is 89.9 Å². The molecule has 3 unspecified atom stereocenters. The Bertz CT molecular complexity index is 373. The van der Waals surface area contributed by atoms with E-state index in [4.69, 9.17) is 0 Å². The zero-order valence-electron chi connectivity index (χ0n) is 12.1. The SMILES string of the molecule is CCC(C)[C@H](NC(=O)N1C2CCC1CC(O)C2)C(=O)O. The molecule has 2 saturated heterocycles. The van der Waals surface area contributed by atoms with Gasteiger partial charge >= 0.3 is 12.0 Å². The third-order valence-electron chi connectivity index (χ3n) is 4.70. The number of nitrogens with zero attached hydrogens (tertiary/aromatic N) is 1. The van der Waals surface area contributed by atoms with Crippen molar-refractivity contribution in [2.45, 2.75) is 70.2 Å². The fraction of sp³-hybridized carbons (Fsp3) is 0.857. The fourth-order valence-electron chi connectivity index (χ4n) is 3.37. The summed E-state index contributed by atoms with van der Waals surface area (Å²) in [6.45, 7) is 3.74. The lowest BCUT2D eigenvalue weighted by molar-refractivity contribution is -0.140. The first-order valence-corrected chi connectivity index (χ1v) is 7.43. The van der Waals surface area contributed by atoms with E-state index in [2.05, 4.69) is 5.32 Å². The molecule has 0 spiro atoms. The van der Waals surface area contributed by atoms with Crippen LogP contribution in [0.25, 0.3) is 0 Å². The van der Waals surface area contributed by atoms with Gasteiger partial charge in [-0.2, -0.15) is 0 Å². The maximum absolute atomic E-state index is 12.4. The van der Waals surface area contributed by atoms with Crippen molar-refractivity contribution in [1.82, 2.24) is 10.2 Å². The van der Waals surface area contributed by atoms with E-state index in [0.29, 0.717) is 19.3 Å². The number of piperidine rings is 1. The number of fused-ring (bicyclic) bond motifs is 2. The maximum atomic E-state index is 12.4. The first-order valence-electron chi connectivity index (χ1n) is 7.43. The first-order chi connectivity index (χ1) is 9.43. The second-order valence-corrected chi connectivity index (χ2v) is 6.07. The van der Waals surface area contributed by atoms with E-state index in [9.17, 15) is 19.8 Å². The summed E-state index contributed by atoms with van der Waals surface area (Å²) in [7, 11) is 0. The molecule has 0 aromatic rings. The van der Waals surface area contributed by atoms with Crippen LogP contribution in [0.4, 0.5) is 4.79 Å². The number of urea groups is 1. The number of carbonyl (C=O) groups is 2. The van der Waals surface area contributed by atoms with E-state index >= 15 is 0 Å². The lowest BCUT2D eigenvalue weighted by atomic mass is 9.98. The highest BCUT2D eigenvalue weighted by atomic mass is 16.4. The van der Waals surface area contributed by atoms with E-state index in [-0.39, 0.29) is 30.1 Å². The number of rotatable bonds is 4. The normalized spacial score (nSPS) is 31.8. The van der Waals surface area contributed by atoms with Crippen LogP contribution in [0.1, 0.15) is 46.0 Å². The van der Waals surface area contributed by atoms with Crippen molar-refractivity contribution in [2.24, 2.45) is 5.92 Å². The van der Waals surface area contributed by atoms with Crippen LogP contribution in [0.3, 0.4) is 0 Å². The van der Waals surface area contributed by atoms with Crippen molar-refractivity contribution in [3.8, 4) is 0 Å². The summed E-state index contributed by atoms with van der Waals surface area (Å²) in [4.78, 5) is 25.4. The van der Waals surface area contributed by atoms with Gasteiger partial charge in [-0.1, -0.05) is 20.3 Å². The Kier molecular flexibility index (Phi) is 4.52. The zero-order valence-corrected chi connectivity index (χ0v) is 12.1. The standard InChI is InChI=1S/C14H24N2O4/c1-3-8(2)12(13(18)19)15-14(20)16-9-4-5-10(16)7-11(17)6-9/h8-12,17H,3-7H2,1-2H3,(H,15,20)(H,18,19)/t8?,9?,10?,11?,12-/m0/s1. The number of amides is 2. The minimum Gasteiger partial charge on any atom is -0.480 e. The van der Waals surface area contributed by atoms with Gasteiger partial charge in [0.15, 0.2) is 0 Å². The third-order valence-corrected chi connectivity index (χ3v) is 4.70. The van der Waals surface area contributed by atoms with E-state index in [1.54, 1.807) is 4.90 Å². The van der Waals surface area contributed by atoms with Gasteiger partial charge < -0.3 is 20.4 Å². The molecular formula is C14H24N2O4. The molecule has 0 aliphatic carbocycles. The molecule has 20 heavy (non-hydrogen) atoms. The van der Waals surface area contributed by atoms with Crippen LogP contribution >= 0.6 is 0 Å². The number of carboxylic acids is 1. The minimum atomic E-state index is -0.989. The molecule has 6 nitrogen and oxygen atoms in total. The van der Waals surface area contributed by atoms with Gasteiger partial charge in [-0.3, -0.25) is 0 Å². The Morgan fingerprint density at radius 3 is 2.30 bits per heavy atom. The second kappa shape index (κ2) is 5.99. The number of nitrogens with one attached hydrogen (secondary N) is 1. The van der Waals surface area contributed by atoms with Gasteiger partial charge in [0.1, 0.15) is 6.04 Å². The highest BCUT2D eigenvalue weighted by molar-refractivity contribution is 5.83. The fourth-order valence-corrected chi connectivity index (χ4v) is 3.37. The Morgan fingerprint density at radius 2 is 1.85 bits per heavy atom. The summed E-state index contributed by atoms with van der Waals surface area (Å²) in [5.74, 6) is -1.10. The summed E-state index contributed by atoms with van der Waals surface area (Å²) >= 11 is 0. The summed E-state index contributed by atoms with van der Waals surface area (Å²) in [6.07, 6.45) is 3.37. The van der Waals surface area contributed by atoms with Crippen molar-refractivity contribution >= 4 is 12.0 Å². The van der Waals surface area contributed by atoms with Crippen LogP contribution in [-0.2, 0) is 4.79 Å². The van der Waals surface area contributed by atoms with E-state index < -0.39 is 12.0 Å². The maximum Gasteiger partial charge on any atom is 0.326 e. The first kappa shape index (κ1) is 15.1. The van der Waals surface area contributed by atoms with Crippen LogP contribution in [0, 0.1) is 5.92 Å². The van der Waals surface area contributed by atoms with Crippen LogP contribution in [-0.4, -0.2) is 51.3 Å². The molecule has 0 radical (unpaired) electrons. The van der Waals surface area contributed by atoms with Gasteiger partial charge in [-0.05, 0) is 31.6 Å².